The van der Waals surface area contributed by atoms with Crippen LogP contribution in [0.3, 0.4) is 0 Å². The number of nitro benzene ring substituents is 2. The molecule has 0 saturated carbocycles. The molecule has 1 heterocycles. The molecule has 11 heteroatoms. The number of nitro groups is 2. The molecular weight excluding hydrogens is 422 g/mol. The average Bonchev–Trinajstić information content (AvgIpc) is 2.75. The van der Waals surface area contributed by atoms with Gasteiger partial charge in [0.05, 0.1) is 15.9 Å². The van der Waals surface area contributed by atoms with E-state index in [4.69, 9.17) is 9.15 Å². The summed E-state index contributed by atoms with van der Waals surface area (Å²) in [5.74, 6) is -0.148. The van der Waals surface area contributed by atoms with Crippen molar-refractivity contribution in [3.05, 3.63) is 79.2 Å². The third-order valence-corrected chi connectivity index (χ3v) is 4.59. The number of benzene rings is 2. The van der Waals surface area contributed by atoms with Crippen molar-refractivity contribution in [2.45, 2.75) is 25.7 Å². The molecule has 1 N–H and O–H groups in total. The summed E-state index contributed by atoms with van der Waals surface area (Å²) >= 11 is 0. The minimum absolute atomic E-state index is 0.175. The number of ether oxygens (including phenoxy) is 1. The maximum Gasteiger partial charge on any atom is 0.336 e. The van der Waals surface area contributed by atoms with Gasteiger partial charge in [0.15, 0.2) is 0 Å². The second-order valence-electron chi connectivity index (χ2n) is 6.88. The minimum Gasteiger partial charge on any atom is -0.426 e. The number of fused-ring (bicyclic) bond motifs is 1. The highest BCUT2D eigenvalue weighted by atomic mass is 16.6. The number of nitrogens with one attached hydrogen (secondary N) is 1. The van der Waals surface area contributed by atoms with Crippen LogP contribution in [0.15, 0.2) is 57.7 Å². The molecule has 0 atom stereocenters. The van der Waals surface area contributed by atoms with Crippen LogP contribution in [-0.4, -0.2) is 22.4 Å². The molecule has 0 aliphatic carbocycles. The third kappa shape index (κ3) is 5.88. The Morgan fingerprint density at radius 3 is 2.50 bits per heavy atom. The molecule has 32 heavy (non-hydrogen) atoms. The Labute approximate surface area is 180 Å². The molecule has 0 aliphatic heterocycles. The molecule has 0 aliphatic rings. The van der Waals surface area contributed by atoms with E-state index in [0.29, 0.717) is 36.8 Å². The van der Waals surface area contributed by atoms with Gasteiger partial charge in [0.25, 0.3) is 11.4 Å². The Balaban J connectivity index is 1.42. The van der Waals surface area contributed by atoms with Gasteiger partial charge in [-0.3, -0.25) is 25.0 Å². The van der Waals surface area contributed by atoms with Gasteiger partial charge in [0, 0.05) is 36.6 Å². The van der Waals surface area contributed by atoms with E-state index in [1.165, 1.54) is 24.3 Å². The molecule has 2 aromatic carbocycles. The zero-order valence-corrected chi connectivity index (χ0v) is 16.8. The number of unbranched alkanes of at least 4 members (excludes halogenated alkanes) is 2. The lowest BCUT2D eigenvalue weighted by molar-refractivity contribution is -0.393. The fourth-order valence-corrected chi connectivity index (χ4v) is 3.02. The number of hydrogen-bond acceptors (Lipinski definition) is 9. The zero-order chi connectivity index (χ0) is 23.1. The molecule has 0 amide bonds. The van der Waals surface area contributed by atoms with Gasteiger partial charge in [-0.1, -0.05) is 6.42 Å². The number of non-ortho nitro benzene ring substituents is 1. The number of esters is 1. The van der Waals surface area contributed by atoms with Gasteiger partial charge < -0.3 is 14.5 Å². The first kappa shape index (κ1) is 22.4. The largest absolute Gasteiger partial charge is 0.426 e. The van der Waals surface area contributed by atoms with Gasteiger partial charge >= 0.3 is 11.6 Å². The number of nitrogens with zero attached hydrogens (tertiary/aromatic N) is 2. The highest BCUT2D eigenvalue weighted by Crippen LogP contribution is 2.29. The minimum atomic E-state index is -0.691. The summed E-state index contributed by atoms with van der Waals surface area (Å²) in [5.41, 5.74) is -0.686. The van der Waals surface area contributed by atoms with Gasteiger partial charge in [0.2, 0.25) is 0 Å². The topological polar surface area (TPSA) is 155 Å². The Morgan fingerprint density at radius 2 is 1.75 bits per heavy atom. The van der Waals surface area contributed by atoms with Crippen LogP contribution in [0.1, 0.15) is 25.7 Å². The van der Waals surface area contributed by atoms with Gasteiger partial charge in [0.1, 0.15) is 17.0 Å². The Bertz CT molecular complexity index is 1220. The first-order valence-electron chi connectivity index (χ1n) is 9.75. The summed E-state index contributed by atoms with van der Waals surface area (Å²) in [6.45, 7) is 0.400. The summed E-state index contributed by atoms with van der Waals surface area (Å²) in [6.07, 6.45) is 2.01. The average molecular weight is 441 g/mol. The van der Waals surface area contributed by atoms with Crippen molar-refractivity contribution in [3.8, 4) is 5.75 Å². The van der Waals surface area contributed by atoms with Crippen molar-refractivity contribution in [2.24, 2.45) is 0 Å². The highest BCUT2D eigenvalue weighted by molar-refractivity contribution is 5.79. The summed E-state index contributed by atoms with van der Waals surface area (Å²) in [4.78, 5) is 43.8. The molecule has 0 bridgehead atoms. The zero-order valence-electron chi connectivity index (χ0n) is 16.8. The van der Waals surface area contributed by atoms with Crippen molar-refractivity contribution in [3.63, 3.8) is 0 Å². The second kappa shape index (κ2) is 10.2. The highest BCUT2D eigenvalue weighted by Gasteiger charge is 2.19. The number of hydrogen-bond donors (Lipinski definition) is 1. The van der Waals surface area contributed by atoms with Crippen LogP contribution in [0.5, 0.6) is 5.75 Å². The number of rotatable bonds is 10. The lowest BCUT2D eigenvalue weighted by atomic mass is 10.2. The summed E-state index contributed by atoms with van der Waals surface area (Å²) in [5, 5.41) is 25.5. The van der Waals surface area contributed by atoms with Crippen molar-refractivity contribution in [2.75, 3.05) is 11.9 Å². The number of carbonyl (C=O) groups is 1. The van der Waals surface area contributed by atoms with Gasteiger partial charge in [-0.2, -0.15) is 0 Å². The monoisotopic (exact) mass is 441 g/mol. The maximum atomic E-state index is 12.0. The van der Waals surface area contributed by atoms with Crippen molar-refractivity contribution < 1.29 is 23.8 Å². The fourth-order valence-electron chi connectivity index (χ4n) is 3.02. The molecule has 0 fully saturated rings. The van der Waals surface area contributed by atoms with E-state index in [1.54, 1.807) is 18.2 Å². The van der Waals surface area contributed by atoms with Gasteiger partial charge in [-0.15, -0.1) is 0 Å². The molecule has 0 spiro atoms. The third-order valence-electron chi connectivity index (χ3n) is 4.59. The second-order valence-corrected chi connectivity index (χ2v) is 6.88. The SMILES string of the molecule is O=C(CCCCCNc1ccc([N+](=O)[O-])cc1[N+](=O)[O-])Oc1ccc2ccc(=O)oc2c1. The molecule has 3 rings (SSSR count). The lowest BCUT2D eigenvalue weighted by Gasteiger charge is -2.07. The van der Waals surface area contributed by atoms with Crippen molar-refractivity contribution >= 4 is 34.0 Å². The molecule has 11 nitrogen and oxygen atoms in total. The van der Waals surface area contributed by atoms with E-state index >= 15 is 0 Å². The standard InChI is InChI=1S/C21H19N3O8/c25-20(31-16-8-5-14-6-10-21(26)32-19(14)13-16)4-2-1-3-11-22-17-9-7-15(23(27)28)12-18(17)24(29)30/h5-10,12-13,22H,1-4,11H2. The molecular formula is C21H19N3O8. The predicted molar refractivity (Wildman–Crippen MR) is 115 cm³/mol. The van der Waals surface area contributed by atoms with Gasteiger partial charge in [-0.05, 0) is 37.1 Å². The van der Waals surface area contributed by atoms with Gasteiger partial charge in [-0.25, -0.2) is 4.79 Å². The van der Waals surface area contributed by atoms with Crippen LogP contribution < -0.4 is 15.7 Å². The van der Waals surface area contributed by atoms with E-state index in [1.807, 2.05) is 0 Å². The number of carbonyl (C=O) groups excluding carboxylic acids is 1. The summed E-state index contributed by atoms with van der Waals surface area (Å²) in [6, 6.07) is 11.1. The maximum absolute atomic E-state index is 12.0. The van der Waals surface area contributed by atoms with E-state index in [2.05, 4.69) is 5.32 Å². The lowest BCUT2D eigenvalue weighted by Crippen LogP contribution is -2.08. The molecule has 0 unspecified atom stereocenters. The van der Waals surface area contributed by atoms with E-state index in [9.17, 15) is 29.8 Å². The van der Waals surface area contributed by atoms with Crippen LogP contribution in [0.4, 0.5) is 17.1 Å². The Morgan fingerprint density at radius 1 is 0.969 bits per heavy atom. The molecule has 0 radical (unpaired) electrons. The van der Waals surface area contributed by atoms with Crippen molar-refractivity contribution in [1.82, 2.24) is 0 Å². The van der Waals surface area contributed by atoms with E-state index in [-0.39, 0.29) is 29.2 Å². The van der Waals surface area contributed by atoms with E-state index in [0.717, 1.165) is 6.07 Å². The van der Waals surface area contributed by atoms with Crippen molar-refractivity contribution in [1.29, 1.82) is 0 Å². The normalized spacial score (nSPS) is 10.6. The number of anilines is 1. The molecule has 3 aromatic rings. The quantitative estimate of drug-likeness (QED) is 0.122. The van der Waals surface area contributed by atoms with Crippen LogP contribution >= 0.6 is 0 Å². The van der Waals surface area contributed by atoms with Crippen LogP contribution in [0, 0.1) is 20.2 Å². The Hall–Kier alpha value is -4.28. The first-order chi connectivity index (χ1) is 15.3. The summed E-state index contributed by atoms with van der Waals surface area (Å²) in [7, 11) is 0. The smallest absolute Gasteiger partial charge is 0.336 e. The predicted octanol–water partition coefficient (Wildman–Crippen LogP) is 4.19. The molecule has 0 saturated heterocycles. The summed E-state index contributed by atoms with van der Waals surface area (Å²) < 4.78 is 10.3. The van der Waals surface area contributed by atoms with Crippen LogP contribution in [0.2, 0.25) is 0 Å². The molecule has 1 aromatic heterocycles. The van der Waals surface area contributed by atoms with E-state index < -0.39 is 21.4 Å². The first-order valence-corrected chi connectivity index (χ1v) is 9.75. The molecule has 166 valence electrons. The fraction of sp³-hybridized carbons (Fsp3) is 0.238. The van der Waals surface area contributed by atoms with Crippen LogP contribution in [0.25, 0.3) is 11.0 Å². The Kier molecular flexibility index (Phi) is 7.11. The van der Waals surface area contributed by atoms with Crippen LogP contribution in [-0.2, 0) is 4.79 Å².